The van der Waals surface area contributed by atoms with Crippen molar-refractivity contribution in [1.29, 1.82) is 0 Å². The highest BCUT2D eigenvalue weighted by molar-refractivity contribution is 6.00. The largest absolute Gasteiger partial charge is 0.489 e. The number of hydrogen-bond donors (Lipinski definition) is 0. The lowest BCUT2D eigenvalue weighted by Gasteiger charge is -2.12. The second-order valence-corrected chi connectivity index (χ2v) is 5.36. The van der Waals surface area contributed by atoms with E-state index in [2.05, 4.69) is 4.98 Å². The molecule has 1 aromatic heterocycles. The fourth-order valence-corrected chi connectivity index (χ4v) is 2.40. The first-order chi connectivity index (χ1) is 10.1. The molecule has 21 heavy (non-hydrogen) atoms. The number of benzene rings is 1. The van der Waals surface area contributed by atoms with Gasteiger partial charge in [-0.2, -0.15) is 0 Å². The molecule has 0 radical (unpaired) electrons. The monoisotopic (exact) mass is 283 g/mol. The van der Waals surface area contributed by atoms with E-state index >= 15 is 0 Å². The number of para-hydroxylation sites is 1. The molecule has 0 N–H and O–H groups in total. The Morgan fingerprint density at radius 2 is 2.14 bits per heavy atom. The molecule has 0 saturated carbocycles. The van der Waals surface area contributed by atoms with Crippen LogP contribution in [0.5, 0.6) is 11.5 Å². The summed E-state index contributed by atoms with van der Waals surface area (Å²) in [5, 5.41) is 0. The van der Waals surface area contributed by atoms with Gasteiger partial charge in [-0.3, -0.25) is 9.78 Å². The fourth-order valence-electron chi connectivity index (χ4n) is 2.40. The minimum Gasteiger partial charge on any atom is -0.489 e. The zero-order valence-electron chi connectivity index (χ0n) is 12.1. The van der Waals surface area contributed by atoms with Crippen molar-refractivity contribution in [2.75, 3.05) is 0 Å². The number of ketones is 1. The lowest BCUT2D eigenvalue weighted by Crippen LogP contribution is -2.25. The van der Waals surface area contributed by atoms with E-state index in [0.29, 0.717) is 17.7 Å². The lowest BCUT2D eigenvalue weighted by molar-refractivity contribution is 0.0823. The van der Waals surface area contributed by atoms with Crippen molar-refractivity contribution in [3.05, 3.63) is 53.9 Å². The quantitative estimate of drug-likeness (QED) is 0.809. The first-order valence-corrected chi connectivity index (χ1v) is 7.04. The second-order valence-electron chi connectivity index (χ2n) is 5.36. The number of nitrogens with zero attached hydrogens (tertiary/aromatic N) is 1. The normalized spacial score (nSPS) is 16.4. The second kappa shape index (κ2) is 5.56. The van der Waals surface area contributed by atoms with E-state index in [-0.39, 0.29) is 11.9 Å². The molecule has 4 nitrogen and oxygen atoms in total. The van der Waals surface area contributed by atoms with Crippen LogP contribution in [0.25, 0.3) is 0 Å². The summed E-state index contributed by atoms with van der Waals surface area (Å²) < 4.78 is 11.3. The maximum atomic E-state index is 12.5. The van der Waals surface area contributed by atoms with Crippen molar-refractivity contribution < 1.29 is 14.3 Å². The number of pyridine rings is 1. The predicted molar refractivity (Wildman–Crippen MR) is 78.9 cm³/mol. The average Bonchev–Trinajstić information content (AvgIpc) is 2.90. The van der Waals surface area contributed by atoms with Crippen LogP contribution >= 0.6 is 0 Å². The van der Waals surface area contributed by atoms with E-state index in [1.807, 2.05) is 38.1 Å². The number of rotatable bonds is 4. The number of fused-ring (bicyclic) bond motifs is 1. The molecule has 1 atom stereocenters. The van der Waals surface area contributed by atoms with Crippen molar-refractivity contribution in [2.24, 2.45) is 0 Å². The summed E-state index contributed by atoms with van der Waals surface area (Å²) in [6.07, 6.45) is 3.34. The Kier molecular flexibility index (Phi) is 3.60. The molecule has 0 spiro atoms. The van der Waals surface area contributed by atoms with E-state index in [1.165, 1.54) is 0 Å². The van der Waals surface area contributed by atoms with Gasteiger partial charge in [-0.15, -0.1) is 0 Å². The molecule has 0 saturated heterocycles. The van der Waals surface area contributed by atoms with Gasteiger partial charge in [-0.1, -0.05) is 18.2 Å². The van der Waals surface area contributed by atoms with Crippen molar-refractivity contribution in [3.8, 4) is 11.5 Å². The van der Waals surface area contributed by atoms with Crippen molar-refractivity contribution >= 4 is 5.78 Å². The van der Waals surface area contributed by atoms with Crippen molar-refractivity contribution in [2.45, 2.75) is 32.5 Å². The van der Waals surface area contributed by atoms with Gasteiger partial charge in [0.2, 0.25) is 5.78 Å². The number of aromatic nitrogens is 1. The zero-order valence-corrected chi connectivity index (χ0v) is 12.1. The maximum absolute atomic E-state index is 12.5. The van der Waals surface area contributed by atoms with Crippen LogP contribution in [0.2, 0.25) is 0 Å². The van der Waals surface area contributed by atoms with Gasteiger partial charge in [-0.25, -0.2) is 0 Å². The molecule has 2 aromatic rings. The Hall–Kier alpha value is -2.36. The molecule has 1 aliphatic heterocycles. The fraction of sp³-hybridized carbons (Fsp3) is 0.294. The van der Waals surface area contributed by atoms with Crippen molar-refractivity contribution in [1.82, 2.24) is 4.98 Å². The van der Waals surface area contributed by atoms with Gasteiger partial charge in [-0.05, 0) is 31.5 Å². The summed E-state index contributed by atoms with van der Waals surface area (Å²) in [7, 11) is 0. The Labute approximate surface area is 123 Å². The molecular formula is C17H17NO3. The van der Waals surface area contributed by atoms with Gasteiger partial charge in [0.05, 0.1) is 12.3 Å². The molecule has 1 unspecified atom stereocenters. The van der Waals surface area contributed by atoms with Crippen molar-refractivity contribution in [3.63, 3.8) is 0 Å². The summed E-state index contributed by atoms with van der Waals surface area (Å²) in [6, 6.07) is 9.46. The Bertz CT molecular complexity index is 642. The Morgan fingerprint density at radius 3 is 2.90 bits per heavy atom. The van der Waals surface area contributed by atoms with Crippen LogP contribution in [0.4, 0.5) is 0 Å². The number of carbonyl (C=O) groups excluding carboxylic acids is 1. The topological polar surface area (TPSA) is 48.4 Å². The van der Waals surface area contributed by atoms with Gasteiger partial charge in [0.25, 0.3) is 0 Å². The van der Waals surface area contributed by atoms with Gasteiger partial charge in [0.1, 0.15) is 11.5 Å². The molecule has 0 amide bonds. The maximum Gasteiger partial charge on any atom is 0.205 e. The molecule has 3 rings (SSSR count). The minimum atomic E-state index is -0.474. The zero-order chi connectivity index (χ0) is 14.8. The van der Waals surface area contributed by atoms with Crippen LogP contribution in [-0.2, 0) is 6.42 Å². The molecule has 4 heteroatoms. The predicted octanol–water partition coefficient (Wildman–Crippen LogP) is 3.06. The van der Waals surface area contributed by atoms with Crippen LogP contribution in [0, 0.1) is 0 Å². The highest BCUT2D eigenvalue weighted by Gasteiger charge is 2.29. The average molecular weight is 283 g/mol. The Morgan fingerprint density at radius 1 is 1.33 bits per heavy atom. The van der Waals surface area contributed by atoms with Crippen LogP contribution in [0.3, 0.4) is 0 Å². The summed E-state index contributed by atoms with van der Waals surface area (Å²) in [6.45, 7) is 3.87. The van der Waals surface area contributed by atoms with Crippen LogP contribution in [-0.4, -0.2) is 23.0 Å². The molecule has 1 aliphatic rings. The number of ether oxygens (including phenoxy) is 2. The summed E-state index contributed by atoms with van der Waals surface area (Å²) in [5.41, 5.74) is 1.59. The first-order valence-electron chi connectivity index (χ1n) is 7.04. The molecule has 108 valence electrons. The smallest absolute Gasteiger partial charge is 0.205 e. The molecule has 0 bridgehead atoms. The molecule has 1 aromatic carbocycles. The van der Waals surface area contributed by atoms with Gasteiger partial charge in [0, 0.05) is 18.2 Å². The van der Waals surface area contributed by atoms with E-state index in [4.69, 9.17) is 9.47 Å². The van der Waals surface area contributed by atoms with Gasteiger partial charge >= 0.3 is 0 Å². The van der Waals surface area contributed by atoms with E-state index in [1.54, 1.807) is 18.5 Å². The standard InChI is InChI=1S/C17H17NO3/c1-11(2)20-14-7-13(9-18-10-14)17(19)16-8-12-5-3-4-6-15(12)21-16/h3-7,9-11,16H,8H2,1-2H3. The summed E-state index contributed by atoms with van der Waals surface area (Å²) in [4.78, 5) is 16.6. The summed E-state index contributed by atoms with van der Waals surface area (Å²) in [5.74, 6) is 1.33. The van der Waals surface area contributed by atoms with Crippen LogP contribution in [0.15, 0.2) is 42.7 Å². The minimum absolute atomic E-state index is 0.0455. The van der Waals surface area contributed by atoms with E-state index < -0.39 is 6.10 Å². The van der Waals surface area contributed by atoms with Crippen LogP contribution < -0.4 is 9.47 Å². The third-order valence-corrected chi connectivity index (χ3v) is 3.31. The SMILES string of the molecule is CC(C)Oc1cncc(C(=O)C2Cc3ccccc3O2)c1. The Balaban J connectivity index is 1.78. The number of Topliss-reactive ketones (excluding diaryl/α,β-unsaturated/α-hetero) is 1. The number of carbonyl (C=O) groups is 1. The van der Waals surface area contributed by atoms with E-state index in [9.17, 15) is 4.79 Å². The lowest BCUT2D eigenvalue weighted by atomic mass is 10.0. The van der Waals surface area contributed by atoms with Gasteiger partial charge in [0.15, 0.2) is 6.10 Å². The molecule has 0 fully saturated rings. The molecular weight excluding hydrogens is 266 g/mol. The number of hydrogen-bond acceptors (Lipinski definition) is 4. The molecule has 2 heterocycles. The van der Waals surface area contributed by atoms with E-state index in [0.717, 1.165) is 11.3 Å². The third kappa shape index (κ3) is 2.89. The van der Waals surface area contributed by atoms with Gasteiger partial charge < -0.3 is 9.47 Å². The first kappa shape index (κ1) is 13.6. The van der Waals surface area contributed by atoms with Crippen LogP contribution in [0.1, 0.15) is 29.8 Å². The third-order valence-electron chi connectivity index (χ3n) is 3.31. The molecule has 0 aliphatic carbocycles. The summed E-state index contributed by atoms with van der Waals surface area (Å²) >= 11 is 0. The highest BCUT2D eigenvalue weighted by atomic mass is 16.5. The highest BCUT2D eigenvalue weighted by Crippen LogP contribution is 2.30.